The molecule has 0 aliphatic carbocycles. The minimum absolute atomic E-state index is 0.00303. The second-order valence-corrected chi connectivity index (χ2v) is 8.68. The minimum Gasteiger partial charge on any atom is -0.493 e. The molecule has 0 saturated heterocycles. The van der Waals surface area contributed by atoms with E-state index in [4.69, 9.17) is 30.5 Å². The Morgan fingerprint density at radius 2 is 1.66 bits per heavy atom. The molecule has 0 saturated carbocycles. The maximum atomic E-state index is 14.3. The van der Waals surface area contributed by atoms with Crippen LogP contribution in [0.5, 0.6) is 23.0 Å². The second-order valence-electron chi connectivity index (χ2n) is 8.27. The smallest absolute Gasteiger partial charge is 0.183 e. The fourth-order valence-electron chi connectivity index (χ4n) is 4.58. The lowest BCUT2D eigenvalue weighted by molar-refractivity contribution is -0.545. The summed E-state index contributed by atoms with van der Waals surface area (Å²) >= 11 is 6.21. The third-order valence-corrected chi connectivity index (χ3v) is 6.71. The number of rotatable bonds is 9. The number of hydrogen-bond acceptors (Lipinski definition) is 4. The van der Waals surface area contributed by atoms with Crippen molar-refractivity contribution in [1.82, 2.24) is 0 Å². The van der Waals surface area contributed by atoms with Gasteiger partial charge in [0.05, 0.1) is 31.9 Å². The van der Waals surface area contributed by atoms with Crippen molar-refractivity contribution in [3.63, 3.8) is 0 Å². The number of hydrogen-bond donors (Lipinski definition) is 0. The summed E-state index contributed by atoms with van der Waals surface area (Å²) in [5.74, 6) is 2.24. The van der Waals surface area contributed by atoms with Crippen LogP contribution in [0.3, 0.4) is 0 Å². The van der Waals surface area contributed by atoms with Crippen molar-refractivity contribution < 1.29 is 27.9 Å². The van der Waals surface area contributed by atoms with E-state index in [1.54, 1.807) is 33.5 Å². The fraction of sp³-hybridized carbons (Fsp3) is 0.321. The first-order chi connectivity index (χ1) is 17.0. The third-order valence-electron chi connectivity index (χ3n) is 6.35. The second kappa shape index (κ2) is 11.0. The van der Waals surface area contributed by atoms with Crippen LogP contribution >= 0.6 is 11.6 Å². The van der Waals surface area contributed by atoms with Crippen molar-refractivity contribution in [2.24, 2.45) is 0 Å². The monoisotopic (exact) mass is 498 g/mol. The van der Waals surface area contributed by atoms with E-state index in [1.165, 1.54) is 22.9 Å². The summed E-state index contributed by atoms with van der Waals surface area (Å²) in [6.07, 6.45) is 1.73. The standard InChI is InChI=1S/C28H30ClFNO4/c1-5-24-20-15-27(34-4)26(33-3)14-18(20)12-13-31(24)16-19-8-6-11-25(32-2)28(19)35-17-21-22(29)9-7-10-23(21)30/h6-11,14-15H,5,12-13,16-17H2,1-4H3/q+1. The average Bonchev–Trinajstić information content (AvgIpc) is 2.87. The Morgan fingerprint density at radius 1 is 0.943 bits per heavy atom. The first kappa shape index (κ1) is 24.9. The number of fused-ring (bicyclic) bond motifs is 1. The van der Waals surface area contributed by atoms with Gasteiger partial charge in [-0.15, -0.1) is 0 Å². The lowest BCUT2D eigenvalue weighted by Crippen LogP contribution is -2.29. The van der Waals surface area contributed by atoms with E-state index in [0.717, 1.165) is 30.7 Å². The van der Waals surface area contributed by atoms with E-state index in [-0.39, 0.29) is 6.61 Å². The van der Waals surface area contributed by atoms with Crippen LogP contribution in [-0.2, 0) is 19.6 Å². The summed E-state index contributed by atoms with van der Waals surface area (Å²) in [4.78, 5) is 0. The van der Waals surface area contributed by atoms with E-state index in [9.17, 15) is 4.39 Å². The lowest BCUT2D eigenvalue weighted by Gasteiger charge is -2.21. The molecular formula is C28H30ClFNO4+. The first-order valence-electron chi connectivity index (χ1n) is 11.6. The molecular weight excluding hydrogens is 469 g/mol. The largest absolute Gasteiger partial charge is 0.493 e. The van der Waals surface area contributed by atoms with Gasteiger partial charge in [0.15, 0.2) is 35.3 Å². The minimum atomic E-state index is -0.396. The molecule has 4 rings (SSSR count). The van der Waals surface area contributed by atoms with Crippen molar-refractivity contribution in [2.75, 3.05) is 27.9 Å². The Bertz CT molecular complexity index is 1240. The number of halogens is 2. The van der Waals surface area contributed by atoms with Gasteiger partial charge in [-0.05, 0) is 42.0 Å². The van der Waals surface area contributed by atoms with Crippen LogP contribution in [0.2, 0.25) is 5.02 Å². The summed E-state index contributed by atoms with van der Waals surface area (Å²) in [5.41, 5.74) is 4.90. The Labute approximate surface area is 210 Å². The Balaban J connectivity index is 1.70. The number of benzene rings is 3. The van der Waals surface area contributed by atoms with Crippen LogP contribution in [-0.4, -0.2) is 38.2 Å². The van der Waals surface area contributed by atoms with Crippen molar-refractivity contribution in [1.29, 1.82) is 0 Å². The van der Waals surface area contributed by atoms with E-state index >= 15 is 0 Å². The molecule has 0 unspecified atom stereocenters. The van der Waals surface area contributed by atoms with E-state index in [0.29, 0.717) is 34.4 Å². The normalized spacial score (nSPS) is 12.9. The van der Waals surface area contributed by atoms with Gasteiger partial charge in [-0.25, -0.2) is 8.97 Å². The molecule has 3 aromatic carbocycles. The molecule has 5 nitrogen and oxygen atoms in total. The van der Waals surface area contributed by atoms with Gasteiger partial charge in [0.1, 0.15) is 19.0 Å². The molecule has 0 radical (unpaired) electrons. The van der Waals surface area contributed by atoms with E-state index in [2.05, 4.69) is 23.6 Å². The molecule has 0 N–H and O–H groups in total. The van der Waals surface area contributed by atoms with Crippen LogP contribution in [0.25, 0.3) is 0 Å². The predicted molar refractivity (Wildman–Crippen MR) is 135 cm³/mol. The molecule has 184 valence electrons. The summed E-state index contributed by atoms with van der Waals surface area (Å²) in [6.45, 7) is 3.62. The molecule has 0 aromatic heterocycles. The summed E-state index contributed by atoms with van der Waals surface area (Å²) in [6, 6.07) is 14.5. The van der Waals surface area contributed by atoms with Gasteiger partial charge in [-0.2, -0.15) is 0 Å². The van der Waals surface area contributed by atoms with Crippen LogP contribution in [0.1, 0.15) is 35.6 Å². The summed E-state index contributed by atoms with van der Waals surface area (Å²) in [7, 11) is 4.91. The van der Waals surface area contributed by atoms with Gasteiger partial charge >= 0.3 is 0 Å². The zero-order valence-electron chi connectivity index (χ0n) is 20.5. The highest BCUT2D eigenvalue weighted by Crippen LogP contribution is 2.36. The van der Waals surface area contributed by atoms with Gasteiger partial charge in [-0.3, -0.25) is 0 Å². The Morgan fingerprint density at radius 3 is 2.34 bits per heavy atom. The highest BCUT2D eigenvalue weighted by atomic mass is 35.5. The molecule has 0 fully saturated rings. The fourth-order valence-corrected chi connectivity index (χ4v) is 4.79. The molecule has 3 aromatic rings. The van der Waals surface area contributed by atoms with Gasteiger partial charge in [0.2, 0.25) is 0 Å². The zero-order chi connectivity index (χ0) is 24.9. The highest BCUT2D eigenvalue weighted by Gasteiger charge is 2.28. The molecule has 7 heteroatoms. The topological polar surface area (TPSA) is 39.9 Å². The van der Waals surface area contributed by atoms with Crippen LogP contribution < -0.4 is 18.9 Å². The highest BCUT2D eigenvalue weighted by molar-refractivity contribution is 6.31. The molecule has 0 amide bonds. The molecule has 0 bridgehead atoms. The number of methoxy groups -OCH3 is 3. The number of ether oxygens (including phenoxy) is 4. The van der Waals surface area contributed by atoms with Crippen molar-refractivity contribution in [3.05, 3.63) is 81.6 Å². The average molecular weight is 499 g/mol. The van der Waals surface area contributed by atoms with Gasteiger partial charge in [0, 0.05) is 24.0 Å². The Hall–Kier alpha value is -3.25. The van der Waals surface area contributed by atoms with Gasteiger partial charge < -0.3 is 18.9 Å². The van der Waals surface area contributed by atoms with E-state index < -0.39 is 5.82 Å². The molecule has 35 heavy (non-hydrogen) atoms. The zero-order valence-corrected chi connectivity index (χ0v) is 21.2. The molecule has 1 aliphatic rings. The van der Waals surface area contributed by atoms with Gasteiger partial charge in [0.25, 0.3) is 0 Å². The maximum absolute atomic E-state index is 14.3. The van der Waals surface area contributed by atoms with Crippen LogP contribution in [0, 0.1) is 5.82 Å². The quantitative estimate of drug-likeness (QED) is 0.337. The third kappa shape index (κ3) is 5.08. The van der Waals surface area contributed by atoms with Crippen molar-refractivity contribution >= 4 is 17.3 Å². The number of para-hydroxylation sites is 1. The van der Waals surface area contributed by atoms with Crippen molar-refractivity contribution in [2.45, 2.75) is 32.9 Å². The Kier molecular flexibility index (Phi) is 7.81. The van der Waals surface area contributed by atoms with E-state index in [1.807, 2.05) is 18.2 Å². The summed E-state index contributed by atoms with van der Waals surface area (Å²) < 4.78 is 39.5. The predicted octanol–water partition coefficient (Wildman–Crippen LogP) is 6.05. The van der Waals surface area contributed by atoms with Crippen LogP contribution in [0.15, 0.2) is 48.5 Å². The maximum Gasteiger partial charge on any atom is 0.183 e. The molecule has 0 spiro atoms. The lowest BCUT2D eigenvalue weighted by atomic mass is 9.94. The van der Waals surface area contributed by atoms with Crippen LogP contribution in [0.4, 0.5) is 4.39 Å². The van der Waals surface area contributed by atoms with Gasteiger partial charge in [-0.1, -0.05) is 30.7 Å². The molecule has 1 heterocycles. The SMILES string of the molecule is CCC1=[N+](Cc2cccc(OC)c2OCc2c(F)cccc2Cl)CCc2cc(OC)c(OC)cc21. The first-order valence-corrected chi connectivity index (χ1v) is 12.0. The molecule has 1 aliphatic heterocycles. The number of nitrogens with zero attached hydrogens (tertiary/aromatic N) is 1. The summed E-state index contributed by atoms with van der Waals surface area (Å²) in [5, 5.41) is 0.333. The molecule has 0 atom stereocenters. The van der Waals surface area contributed by atoms with Crippen molar-refractivity contribution in [3.8, 4) is 23.0 Å².